The Bertz CT molecular complexity index is 581. The van der Waals surface area contributed by atoms with Crippen LogP contribution in [0.25, 0.3) is 5.65 Å². The van der Waals surface area contributed by atoms with Gasteiger partial charge in [-0.3, -0.25) is 0 Å². The number of hydrogen-bond acceptors (Lipinski definition) is 4. The first-order valence-corrected chi connectivity index (χ1v) is 6.52. The van der Waals surface area contributed by atoms with Crippen molar-refractivity contribution >= 4 is 11.7 Å². The molecule has 0 aliphatic rings. The molecule has 108 valence electrons. The Hall–Kier alpha value is -2.15. The van der Waals surface area contributed by atoms with Crippen molar-refractivity contribution in [1.82, 2.24) is 24.8 Å². The molecule has 0 saturated heterocycles. The van der Waals surface area contributed by atoms with Gasteiger partial charge in [0.1, 0.15) is 0 Å². The molecule has 0 spiro atoms. The topological polar surface area (TPSA) is 82.8 Å². The van der Waals surface area contributed by atoms with Gasteiger partial charge in [-0.2, -0.15) is 5.10 Å². The number of nitrogens with zero attached hydrogens (tertiary/aromatic N) is 4. The molecule has 0 radical (unpaired) electrons. The summed E-state index contributed by atoms with van der Waals surface area (Å²) in [7, 11) is 1.70. The lowest BCUT2D eigenvalue weighted by atomic mass is 10.3. The van der Waals surface area contributed by atoms with Gasteiger partial charge in [-0.25, -0.2) is 14.3 Å². The predicted molar refractivity (Wildman–Crippen MR) is 74.2 cm³/mol. The van der Waals surface area contributed by atoms with E-state index in [1.165, 1.54) is 0 Å². The fraction of sp³-hybridized carbons (Fsp3) is 0.462. The molecule has 2 aromatic heterocycles. The molecule has 2 amide bonds. The van der Waals surface area contributed by atoms with Crippen LogP contribution < -0.4 is 5.32 Å². The van der Waals surface area contributed by atoms with Crippen molar-refractivity contribution < 1.29 is 9.90 Å². The van der Waals surface area contributed by atoms with E-state index in [0.29, 0.717) is 19.5 Å². The second kappa shape index (κ2) is 6.33. The summed E-state index contributed by atoms with van der Waals surface area (Å²) in [5.74, 6) is 0. The average Bonchev–Trinajstić information content (AvgIpc) is 2.90. The minimum atomic E-state index is -0.408. The Morgan fingerprint density at radius 2 is 2.30 bits per heavy atom. The van der Waals surface area contributed by atoms with Crippen LogP contribution in [0.3, 0.4) is 0 Å². The van der Waals surface area contributed by atoms with Crippen LogP contribution in [0.5, 0.6) is 0 Å². The zero-order valence-electron chi connectivity index (χ0n) is 11.7. The zero-order chi connectivity index (χ0) is 14.5. The number of nitrogens with one attached hydrogen (secondary N) is 1. The Morgan fingerprint density at radius 1 is 1.50 bits per heavy atom. The third kappa shape index (κ3) is 3.45. The monoisotopic (exact) mass is 277 g/mol. The molecule has 0 aliphatic carbocycles. The molecule has 1 unspecified atom stereocenters. The van der Waals surface area contributed by atoms with E-state index in [1.54, 1.807) is 41.8 Å². The molecule has 7 heteroatoms. The smallest absolute Gasteiger partial charge is 0.317 e. The maximum atomic E-state index is 11.9. The largest absolute Gasteiger partial charge is 0.393 e. The Labute approximate surface area is 117 Å². The van der Waals surface area contributed by atoms with E-state index in [2.05, 4.69) is 15.4 Å². The van der Waals surface area contributed by atoms with Crippen LogP contribution in [0, 0.1) is 0 Å². The van der Waals surface area contributed by atoms with Gasteiger partial charge >= 0.3 is 6.03 Å². The summed E-state index contributed by atoms with van der Waals surface area (Å²) < 4.78 is 1.69. The minimum Gasteiger partial charge on any atom is -0.393 e. The molecule has 1 atom stereocenters. The quantitative estimate of drug-likeness (QED) is 0.840. The van der Waals surface area contributed by atoms with Crippen molar-refractivity contribution in [3.05, 3.63) is 30.2 Å². The summed E-state index contributed by atoms with van der Waals surface area (Å²) in [5, 5.41) is 16.2. The second-order valence-electron chi connectivity index (χ2n) is 4.76. The molecule has 7 nitrogen and oxygen atoms in total. The number of fused-ring (bicyclic) bond motifs is 1. The Morgan fingerprint density at radius 3 is 3.05 bits per heavy atom. The van der Waals surface area contributed by atoms with E-state index >= 15 is 0 Å². The first-order valence-electron chi connectivity index (χ1n) is 6.52. The summed E-state index contributed by atoms with van der Waals surface area (Å²) in [6.07, 6.45) is 3.51. The van der Waals surface area contributed by atoms with Crippen LogP contribution in [0.4, 0.5) is 4.79 Å². The molecule has 0 bridgehead atoms. The molecule has 0 aliphatic heterocycles. The van der Waals surface area contributed by atoms with Crippen LogP contribution in [0.15, 0.2) is 24.5 Å². The van der Waals surface area contributed by atoms with Crippen molar-refractivity contribution in [2.45, 2.75) is 26.0 Å². The lowest BCUT2D eigenvalue weighted by molar-refractivity contribution is 0.163. The maximum absolute atomic E-state index is 11.9. The van der Waals surface area contributed by atoms with Gasteiger partial charge in [0.05, 0.1) is 24.5 Å². The molecule has 2 N–H and O–H groups in total. The normalized spacial score (nSPS) is 12.3. The SMILES string of the molecule is CC(O)CCN(C)C(=O)NCc1ccnc2ccnn12. The number of aromatic nitrogens is 3. The van der Waals surface area contributed by atoms with Crippen LogP contribution in [0.2, 0.25) is 0 Å². The Balaban J connectivity index is 1.91. The molecular formula is C13H19N5O2. The van der Waals surface area contributed by atoms with Gasteiger partial charge in [0, 0.05) is 25.9 Å². The molecular weight excluding hydrogens is 258 g/mol. The average molecular weight is 277 g/mol. The van der Waals surface area contributed by atoms with Gasteiger partial charge in [0.15, 0.2) is 5.65 Å². The molecule has 0 fully saturated rings. The number of carbonyl (C=O) groups is 1. The molecule has 2 heterocycles. The van der Waals surface area contributed by atoms with Crippen LogP contribution in [0.1, 0.15) is 19.0 Å². The van der Waals surface area contributed by atoms with Crippen molar-refractivity contribution in [1.29, 1.82) is 0 Å². The van der Waals surface area contributed by atoms with Gasteiger partial charge in [-0.1, -0.05) is 0 Å². The summed E-state index contributed by atoms with van der Waals surface area (Å²) in [6, 6.07) is 3.44. The summed E-state index contributed by atoms with van der Waals surface area (Å²) >= 11 is 0. The van der Waals surface area contributed by atoms with E-state index in [-0.39, 0.29) is 6.03 Å². The van der Waals surface area contributed by atoms with Crippen molar-refractivity contribution in [2.75, 3.05) is 13.6 Å². The zero-order valence-corrected chi connectivity index (χ0v) is 11.7. The highest BCUT2D eigenvalue weighted by Gasteiger charge is 2.10. The number of aliphatic hydroxyl groups excluding tert-OH is 1. The van der Waals surface area contributed by atoms with E-state index in [1.807, 2.05) is 6.07 Å². The summed E-state index contributed by atoms with van der Waals surface area (Å²) in [4.78, 5) is 17.6. The first kappa shape index (κ1) is 14.3. The van der Waals surface area contributed by atoms with E-state index in [4.69, 9.17) is 0 Å². The number of urea groups is 1. The van der Waals surface area contributed by atoms with Crippen molar-refractivity contribution in [2.24, 2.45) is 0 Å². The van der Waals surface area contributed by atoms with Gasteiger partial charge < -0.3 is 15.3 Å². The van der Waals surface area contributed by atoms with E-state index in [9.17, 15) is 9.90 Å². The van der Waals surface area contributed by atoms with Gasteiger partial charge in [-0.05, 0) is 19.4 Å². The van der Waals surface area contributed by atoms with Crippen molar-refractivity contribution in [3.8, 4) is 0 Å². The fourth-order valence-electron chi connectivity index (χ4n) is 1.80. The highest BCUT2D eigenvalue weighted by molar-refractivity contribution is 5.73. The molecule has 20 heavy (non-hydrogen) atoms. The van der Waals surface area contributed by atoms with Crippen LogP contribution in [-0.4, -0.2) is 50.3 Å². The third-order valence-corrected chi connectivity index (χ3v) is 3.02. The number of hydrogen-bond donors (Lipinski definition) is 2. The van der Waals surface area contributed by atoms with Crippen LogP contribution in [-0.2, 0) is 6.54 Å². The number of carbonyl (C=O) groups excluding carboxylic acids is 1. The first-order chi connectivity index (χ1) is 9.58. The standard InChI is InChI=1S/C13H19N5O2/c1-10(19)5-8-17(2)13(20)15-9-11-3-6-14-12-4-7-16-18(11)12/h3-4,6-7,10,19H,5,8-9H2,1-2H3,(H,15,20). The van der Waals surface area contributed by atoms with Crippen molar-refractivity contribution in [3.63, 3.8) is 0 Å². The van der Waals surface area contributed by atoms with Crippen LogP contribution >= 0.6 is 0 Å². The molecule has 0 aromatic carbocycles. The summed E-state index contributed by atoms with van der Waals surface area (Å²) in [6.45, 7) is 2.59. The summed E-state index contributed by atoms with van der Waals surface area (Å²) in [5.41, 5.74) is 1.61. The van der Waals surface area contributed by atoms with Gasteiger partial charge in [0.2, 0.25) is 0 Å². The highest BCUT2D eigenvalue weighted by Crippen LogP contribution is 2.03. The molecule has 2 aromatic rings. The third-order valence-electron chi connectivity index (χ3n) is 3.02. The molecule has 2 rings (SSSR count). The predicted octanol–water partition coefficient (Wildman–Crippen LogP) is 0.642. The molecule has 0 saturated carbocycles. The second-order valence-corrected chi connectivity index (χ2v) is 4.76. The number of rotatable bonds is 5. The van der Waals surface area contributed by atoms with Gasteiger partial charge in [0.25, 0.3) is 0 Å². The number of aliphatic hydroxyl groups is 1. The minimum absolute atomic E-state index is 0.178. The maximum Gasteiger partial charge on any atom is 0.317 e. The van der Waals surface area contributed by atoms with E-state index < -0.39 is 6.10 Å². The number of amides is 2. The Kier molecular flexibility index (Phi) is 4.52. The van der Waals surface area contributed by atoms with E-state index in [0.717, 1.165) is 11.3 Å². The fourth-order valence-corrected chi connectivity index (χ4v) is 1.80. The highest BCUT2D eigenvalue weighted by atomic mass is 16.3. The lowest BCUT2D eigenvalue weighted by Crippen LogP contribution is -2.38. The lowest BCUT2D eigenvalue weighted by Gasteiger charge is -2.18. The van der Waals surface area contributed by atoms with Gasteiger partial charge in [-0.15, -0.1) is 0 Å².